The number of nitrogens with zero attached hydrogens (tertiary/aromatic N) is 3. The van der Waals surface area contributed by atoms with Crippen molar-refractivity contribution in [3.8, 4) is 0 Å². The Bertz CT molecular complexity index is 1320. The Kier molecular flexibility index (Phi) is 12.9. The Balaban J connectivity index is 0.00000560. The molecule has 214 valence electrons. The second-order valence-corrected chi connectivity index (χ2v) is 12.8. The van der Waals surface area contributed by atoms with E-state index in [1.807, 2.05) is 54.4 Å². The van der Waals surface area contributed by atoms with Crippen molar-refractivity contribution >= 4 is 39.3 Å². The van der Waals surface area contributed by atoms with Crippen molar-refractivity contribution in [1.29, 1.82) is 0 Å². The van der Waals surface area contributed by atoms with E-state index in [1.54, 1.807) is 0 Å². The molecule has 0 amide bonds. The van der Waals surface area contributed by atoms with E-state index in [1.165, 1.54) is 0 Å². The number of fused-ring (bicyclic) bond motifs is 1. The van der Waals surface area contributed by atoms with Gasteiger partial charge >= 0.3 is 29.6 Å². The van der Waals surface area contributed by atoms with Crippen molar-refractivity contribution in [3.63, 3.8) is 0 Å². The molecule has 0 saturated heterocycles. The molecular weight excluding hydrogens is 561 g/mol. The quantitative estimate of drug-likeness (QED) is 0.0641. The fourth-order valence-electron chi connectivity index (χ4n) is 5.41. The predicted octanol–water partition coefficient (Wildman–Crippen LogP) is 1.75. The molecule has 9 nitrogen and oxygen atoms in total. The zero-order chi connectivity index (χ0) is 28.8. The van der Waals surface area contributed by atoms with Crippen LogP contribution in [0.3, 0.4) is 0 Å². The van der Waals surface area contributed by atoms with Crippen molar-refractivity contribution in [3.05, 3.63) is 59.8 Å². The maximum atomic E-state index is 11.1. The van der Waals surface area contributed by atoms with Gasteiger partial charge in [0.1, 0.15) is 6.54 Å². The molecule has 0 aromatic heterocycles. The third-order valence-electron chi connectivity index (χ3n) is 7.49. The molecular formula is C28H38N3NaO6S2. The van der Waals surface area contributed by atoms with Crippen molar-refractivity contribution in [2.75, 3.05) is 18.8 Å². The molecule has 0 fully saturated rings. The van der Waals surface area contributed by atoms with Crippen LogP contribution in [0.25, 0.3) is 0 Å². The Morgan fingerprint density at radius 1 is 1.18 bits per heavy atom. The zero-order valence-corrected chi connectivity index (χ0v) is 28.1. The standard InChI is InChI=1S/C28H39N3O6S2.Na/c1-7-17-28(6)21(3)29-31(18-12-19-39(33,34)35)26(28)14-11-9-10-13-25-27(4,5)23-20-22(38-37-36-32)15-16-24(23)30(25)8-2;/h9-11,13-16,20H,7-8,12,17-19H2,1-6H3,(H-,32,33,34,35);/q;+1/p-1. The summed E-state index contributed by atoms with van der Waals surface area (Å²) >= 11 is 0.886. The molecule has 0 N–H and O–H groups in total. The van der Waals surface area contributed by atoms with Crippen molar-refractivity contribution in [2.24, 2.45) is 10.5 Å². The van der Waals surface area contributed by atoms with Gasteiger partial charge in [-0.25, -0.2) is 8.42 Å². The van der Waals surface area contributed by atoms with Gasteiger partial charge in [0.25, 0.3) is 0 Å². The van der Waals surface area contributed by atoms with Gasteiger partial charge in [0, 0.05) is 51.7 Å². The van der Waals surface area contributed by atoms with Crippen LogP contribution in [0.1, 0.15) is 66.4 Å². The van der Waals surface area contributed by atoms with Crippen LogP contribution in [0.5, 0.6) is 0 Å². The molecule has 2 aliphatic heterocycles. The molecule has 12 heteroatoms. The van der Waals surface area contributed by atoms with Crippen LogP contribution in [0.15, 0.2) is 64.3 Å². The first-order chi connectivity index (χ1) is 18.4. The smallest absolute Gasteiger partial charge is 0.748 e. The minimum atomic E-state index is -4.26. The monoisotopic (exact) mass is 599 g/mol. The average Bonchev–Trinajstić information content (AvgIpc) is 3.22. The molecule has 2 heterocycles. The molecule has 0 bridgehead atoms. The summed E-state index contributed by atoms with van der Waals surface area (Å²) in [6.45, 7) is 13.9. The first-order valence-electron chi connectivity index (χ1n) is 13.1. The predicted molar refractivity (Wildman–Crippen MR) is 151 cm³/mol. The fourth-order valence-corrected chi connectivity index (χ4v) is 6.29. The van der Waals surface area contributed by atoms with E-state index in [-0.39, 0.29) is 46.8 Å². The van der Waals surface area contributed by atoms with Crippen LogP contribution < -0.4 is 34.8 Å². The van der Waals surface area contributed by atoms with E-state index >= 15 is 0 Å². The van der Waals surface area contributed by atoms with Gasteiger partial charge in [-0.2, -0.15) is 14.0 Å². The number of benzene rings is 1. The Labute approximate surface area is 264 Å². The van der Waals surface area contributed by atoms with Gasteiger partial charge in [-0.05, 0) is 65.7 Å². The normalized spacial score (nSPS) is 21.6. The molecule has 0 radical (unpaired) electrons. The van der Waals surface area contributed by atoms with E-state index in [4.69, 9.17) is 5.10 Å². The van der Waals surface area contributed by atoms with Crippen LogP contribution in [0, 0.1) is 5.41 Å². The van der Waals surface area contributed by atoms with E-state index in [2.05, 4.69) is 54.6 Å². The van der Waals surface area contributed by atoms with E-state index in [0.717, 1.165) is 64.7 Å². The average molecular weight is 600 g/mol. The molecule has 1 aromatic carbocycles. The molecule has 2 aliphatic rings. The minimum absolute atomic E-state index is 0. The van der Waals surface area contributed by atoms with Gasteiger partial charge in [-0.3, -0.25) is 10.0 Å². The van der Waals surface area contributed by atoms with Crippen LogP contribution in [-0.2, 0) is 24.9 Å². The van der Waals surface area contributed by atoms with Gasteiger partial charge in [0.2, 0.25) is 5.69 Å². The van der Waals surface area contributed by atoms with Gasteiger partial charge in [-0.1, -0.05) is 31.6 Å². The largest absolute Gasteiger partial charge is 1.00 e. The Hall–Kier alpha value is -1.28. The molecule has 1 atom stereocenters. The zero-order valence-electron chi connectivity index (χ0n) is 24.5. The first kappa shape index (κ1) is 34.9. The van der Waals surface area contributed by atoms with Gasteiger partial charge in [-0.15, -0.1) is 0 Å². The van der Waals surface area contributed by atoms with E-state index in [0.29, 0.717) is 6.54 Å². The molecule has 40 heavy (non-hydrogen) atoms. The van der Waals surface area contributed by atoms with Gasteiger partial charge < -0.3 is 9.81 Å². The van der Waals surface area contributed by atoms with Gasteiger partial charge in [0.05, 0.1) is 27.6 Å². The van der Waals surface area contributed by atoms with Crippen molar-refractivity contribution < 1.29 is 61.7 Å². The number of rotatable bonds is 13. The van der Waals surface area contributed by atoms with Crippen molar-refractivity contribution in [2.45, 2.75) is 71.1 Å². The second-order valence-electron chi connectivity index (χ2n) is 10.5. The SMILES string of the molecule is CCCC1(C)C(C)=NN(CCCS(=O)(=O)[O-])\C1=C/C=C/C=C/C1=[N+](CC)c2ccc(SOO[O-])cc2C1(C)C.[Na+]. The number of allylic oxidation sites excluding steroid dienone is 6. The van der Waals surface area contributed by atoms with Crippen LogP contribution in [0.4, 0.5) is 5.69 Å². The number of hydrogen-bond acceptors (Lipinski definition) is 9. The maximum absolute atomic E-state index is 11.1. The fraction of sp³-hybridized carbons (Fsp3) is 0.500. The summed E-state index contributed by atoms with van der Waals surface area (Å²) in [7, 11) is -4.26. The first-order valence-corrected chi connectivity index (χ1v) is 15.5. The molecule has 0 saturated carbocycles. The summed E-state index contributed by atoms with van der Waals surface area (Å²) in [6.07, 6.45) is 12.2. The van der Waals surface area contributed by atoms with Crippen LogP contribution >= 0.6 is 12.0 Å². The maximum Gasteiger partial charge on any atom is 1.00 e. The second kappa shape index (κ2) is 14.8. The minimum Gasteiger partial charge on any atom is -0.748 e. The molecule has 0 spiro atoms. The summed E-state index contributed by atoms with van der Waals surface area (Å²) in [6, 6.07) is 5.95. The molecule has 0 aliphatic carbocycles. The number of hydrazone groups is 1. The summed E-state index contributed by atoms with van der Waals surface area (Å²) in [5, 5.41) is 20.3. The molecule has 1 unspecified atom stereocenters. The van der Waals surface area contributed by atoms with Crippen molar-refractivity contribution in [1.82, 2.24) is 5.01 Å². The summed E-state index contributed by atoms with van der Waals surface area (Å²) in [4.78, 5) is 0.784. The summed E-state index contributed by atoms with van der Waals surface area (Å²) in [5.41, 5.74) is 4.87. The number of hydrogen-bond donors (Lipinski definition) is 0. The molecule has 1 aromatic rings. The Morgan fingerprint density at radius 3 is 2.52 bits per heavy atom. The third kappa shape index (κ3) is 7.96. The van der Waals surface area contributed by atoms with E-state index < -0.39 is 15.9 Å². The van der Waals surface area contributed by atoms with Crippen LogP contribution in [0.2, 0.25) is 0 Å². The summed E-state index contributed by atoms with van der Waals surface area (Å²) in [5.74, 6) is -0.404. The third-order valence-corrected chi connectivity index (χ3v) is 8.85. The topological polar surface area (TPSA) is 117 Å². The molecule has 3 rings (SSSR count). The van der Waals surface area contributed by atoms with E-state index in [9.17, 15) is 18.2 Å². The Morgan fingerprint density at radius 2 is 1.90 bits per heavy atom. The summed E-state index contributed by atoms with van der Waals surface area (Å²) < 4.78 is 40.0. The van der Waals surface area contributed by atoms with Crippen LogP contribution in [-0.4, -0.2) is 52.8 Å². The van der Waals surface area contributed by atoms with Gasteiger partial charge in [0.15, 0.2) is 5.71 Å².